The van der Waals surface area contributed by atoms with Crippen LogP contribution in [-0.4, -0.2) is 96.7 Å². The smallest absolute Gasteiger partial charge is 0.462 e. The molecule has 0 aromatic heterocycles. The van der Waals surface area contributed by atoms with Crippen LogP contribution < -0.4 is 0 Å². The van der Waals surface area contributed by atoms with Crippen LogP contribution in [0.15, 0.2) is 0 Å². The van der Waals surface area contributed by atoms with E-state index in [1.54, 1.807) is 0 Å². The molecule has 0 spiro atoms. The summed E-state index contributed by atoms with van der Waals surface area (Å²) < 4.78 is 68.7. The van der Waals surface area contributed by atoms with Gasteiger partial charge in [-0.25, -0.2) is 9.13 Å². The van der Waals surface area contributed by atoms with E-state index in [4.69, 9.17) is 37.0 Å². The van der Waals surface area contributed by atoms with E-state index >= 15 is 0 Å². The molecular formula is C82H160O17P2. The normalized spacial score (nSPS) is 13.9. The number of aliphatic hydroxyl groups is 1. The molecule has 0 saturated carbocycles. The number of phosphoric acid groups is 2. The third-order valence-electron chi connectivity index (χ3n) is 19.2. The zero-order valence-corrected chi connectivity index (χ0v) is 68.0. The van der Waals surface area contributed by atoms with Crippen LogP contribution in [0.25, 0.3) is 0 Å². The van der Waals surface area contributed by atoms with Crippen molar-refractivity contribution in [2.24, 2.45) is 11.8 Å². The average molecular weight is 1480 g/mol. The fourth-order valence-electron chi connectivity index (χ4n) is 12.7. The minimum absolute atomic E-state index is 0.107. The van der Waals surface area contributed by atoms with Crippen LogP contribution in [0, 0.1) is 11.8 Å². The molecule has 17 nitrogen and oxygen atoms in total. The highest BCUT2D eigenvalue weighted by atomic mass is 31.2. The number of hydrogen-bond acceptors (Lipinski definition) is 15. The number of rotatable bonds is 81. The standard InChI is InChI=1S/C82H160O17P2/c1-7-9-11-13-15-17-18-19-20-21-22-23-24-25-26-27-30-37-42-48-54-60-66-81(86)99-78(71-93-80(85)65-59-53-47-41-36-31-28-29-34-39-44-50-56-62-74(3)4)73-97-101(90,91)95-69-76(83)68-94-100(88,89)96-72-77(70-92-79(84)64-58-52-46-16-14-12-10-8-2)98-82(87)67-61-55-49-43-38-33-32-35-40-45-51-57-63-75(5)6/h74-78,83H,7-73H2,1-6H3,(H,88,89)(H,90,91)/t76-,77+,78+/m0/s1. The third kappa shape index (κ3) is 76.1. The Hall–Kier alpha value is -1.94. The summed E-state index contributed by atoms with van der Waals surface area (Å²) in [6.45, 7) is 9.64. The highest BCUT2D eigenvalue weighted by Gasteiger charge is 2.30. The maximum atomic E-state index is 13.1. The number of aliphatic hydroxyl groups excluding tert-OH is 1. The van der Waals surface area contributed by atoms with Crippen molar-refractivity contribution in [1.29, 1.82) is 0 Å². The lowest BCUT2D eigenvalue weighted by Crippen LogP contribution is -2.30. The first-order valence-electron chi connectivity index (χ1n) is 42.5. The van der Waals surface area contributed by atoms with Crippen LogP contribution in [0.2, 0.25) is 0 Å². The largest absolute Gasteiger partial charge is 0.472 e. The van der Waals surface area contributed by atoms with E-state index in [1.807, 2.05) is 0 Å². The monoisotopic (exact) mass is 1480 g/mol. The molecule has 600 valence electrons. The minimum Gasteiger partial charge on any atom is -0.462 e. The second kappa shape index (κ2) is 73.6. The Labute approximate surface area is 619 Å². The molecule has 0 aromatic carbocycles. The van der Waals surface area contributed by atoms with Crippen molar-refractivity contribution in [1.82, 2.24) is 0 Å². The SMILES string of the molecule is CCCCCCCCCCCCCCCCCCCCCCCCC(=O)O[C@H](COC(=O)CCCCCCCCCCCCCCCC(C)C)COP(=O)(O)OC[C@@H](O)COP(=O)(O)OC[C@@H](COC(=O)CCCCCCCCCC)OC(=O)CCCCCCCCCCCCCCC(C)C. The molecule has 3 N–H and O–H groups in total. The Morgan fingerprint density at radius 3 is 0.673 bits per heavy atom. The lowest BCUT2D eigenvalue weighted by molar-refractivity contribution is -0.161. The van der Waals surface area contributed by atoms with Gasteiger partial charge in [-0.2, -0.15) is 0 Å². The van der Waals surface area contributed by atoms with Crippen molar-refractivity contribution in [2.75, 3.05) is 39.6 Å². The van der Waals surface area contributed by atoms with Crippen molar-refractivity contribution in [3.63, 3.8) is 0 Å². The van der Waals surface area contributed by atoms with Gasteiger partial charge in [-0.15, -0.1) is 0 Å². The van der Waals surface area contributed by atoms with E-state index in [2.05, 4.69) is 41.5 Å². The van der Waals surface area contributed by atoms with E-state index in [1.165, 1.54) is 244 Å². The van der Waals surface area contributed by atoms with E-state index in [9.17, 15) is 43.2 Å². The molecule has 0 rings (SSSR count). The van der Waals surface area contributed by atoms with Gasteiger partial charge in [0.2, 0.25) is 0 Å². The lowest BCUT2D eigenvalue weighted by atomic mass is 10.0. The van der Waals surface area contributed by atoms with Crippen LogP contribution in [0.4, 0.5) is 0 Å². The first-order valence-corrected chi connectivity index (χ1v) is 45.5. The first kappa shape index (κ1) is 99.1. The van der Waals surface area contributed by atoms with Crippen LogP contribution in [0.3, 0.4) is 0 Å². The number of esters is 4. The molecule has 0 saturated heterocycles. The molecule has 0 aliphatic rings. The van der Waals surface area contributed by atoms with Gasteiger partial charge in [-0.1, -0.05) is 382 Å². The molecule has 2 unspecified atom stereocenters. The summed E-state index contributed by atoms with van der Waals surface area (Å²) in [6.07, 6.45) is 64.0. The van der Waals surface area contributed by atoms with Crippen LogP contribution in [0.1, 0.15) is 433 Å². The Bertz CT molecular complexity index is 1940. The van der Waals surface area contributed by atoms with Crippen LogP contribution in [0.5, 0.6) is 0 Å². The predicted molar refractivity (Wildman–Crippen MR) is 414 cm³/mol. The molecule has 0 fully saturated rings. The summed E-state index contributed by atoms with van der Waals surface area (Å²) in [5.41, 5.74) is 0. The van der Waals surface area contributed by atoms with Gasteiger partial charge >= 0.3 is 39.5 Å². The summed E-state index contributed by atoms with van der Waals surface area (Å²) in [4.78, 5) is 73.0. The van der Waals surface area contributed by atoms with Gasteiger partial charge in [-0.05, 0) is 37.5 Å². The van der Waals surface area contributed by atoms with E-state index in [-0.39, 0.29) is 25.7 Å². The summed E-state index contributed by atoms with van der Waals surface area (Å²) in [7, 11) is -9.92. The van der Waals surface area contributed by atoms with Gasteiger partial charge in [-0.3, -0.25) is 37.3 Å². The molecule has 19 heteroatoms. The van der Waals surface area contributed by atoms with Gasteiger partial charge in [0.15, 0.2) is 12.2 Å². The van der Waals surface area contributed by atoms with E-state index in [0.717, 1.165) is 108 Å². The maximum Gasteiger partial charge on any atom is 0.472 e. The second-order valence-electron chi connectivity index (χ2n) is 30.5. The number of hydrogen-bond donors (Lipinski definition) is 3. The van der Waals surface area contributed by atoms with Crippen molar-refractivity contribution in [2.45, 2.75) is 452 Å². The average Bonchev–Trinajstić information content (AvgIpc) is 0.951. The molecule has 5 atom stereocenters. The number of phosphoric ester groups is 2. The minimum atomic E-state index is -4.96. The van der Waals surface area contributed by atoms with Crippen LogP contribution in [-0.2, 0) is 65.4 Å². The molecule has 0 amide bonds. The number of carbonyl (C=O) groups is 4. The third-order valence-corrected chi connectivity index (χ3v) is 21.1. The highest BCUT2D eigenvalue weighted by Crippen LogP contribution is 2.45. The van der Waals surface area contributed by atoms with Crippen molar-refractivity contribution < 1.29 is 80.2 Å². The molecular weight excluding hydrogens is 1320 g/mol. The number of ether oxygens (including phenoxy) is 4. The van der Waals surface area contributed by atoms with Crippen molar-refractivity contribution >= 4 is 39.5 Å². The van der Waals surface area contributed by atoms with Gasteiger partial charge < -0.3 is 33.8 Å². The maximum absolute atomic E-state index is 13.1. The fourth-order valence-corrected chi connectivity index (χ4v) is 14.3. The molecule has 0 bridgehead atoms. The van der Waals surface area contributed by atoms with Crippen molar-refractivity contribution in [3.8, 4) is 0 Å². The van der Waals surface area contributed by atoms with Gasteiger partial charge in [0, 0.05) is 25.7 Å². The molecule has 0 radical (unpaired) electrons. The number of unbranched alkanes of at least 4 members (excludes halogenated alkanes) is 51. The molecule has 101 heavy (non-hydrogen) atoms. The van der Waals surface area contributed by atoms with Gasteiger partial charge in [0.05, 0.1) is 26.4 Å². The first-order chi connectivity index (χ1) is 48.9. The zero-order valence-electron chi connectivity index (χ0n) is 66.2. The Morgan fingerprint density at radius 1 is 0.267 bits per heavy atom. The molecule has 0 aliphatic heterocycles. The highest BCUT2D eigenvalue weighted by molar-refractivity contribution is 7.47. The quantitative estimate of drug-likeness (QED) is 0.0222. The van der Waals surface area contributed by atoms with E-state index in [0.29, 0.717) is 25.7 Å². The number of carbonyl (C=O) groups excluding carboxylic acids is 4. The Balaban J connectivity index is 5.18. The second-order valence-corrected chi connectivity index (χ2v) is 33.4. The summed E-state index contributed by atoms with van der Waals surface area (Å²) in [6, 6.07) is 0. The van der Waals surface area contributed by atoms with Gasteiger partial charge in [0.25, 0.3) is 0 Å². The van der Waals surface area contributed by atoms with Crippen LogP contribution >= 0.6 is 15.6 Å². The van der Waals surface area contributed by atoms with Crippen molar-refractivity contribution in [3.05, 3.63) is 0 Å². The predicted octanol–water partition coefficient (Wildman–Crippen LogP) is 24.7. The summed E-state index contributed by atoms with van der Waals surface area (Å²) in [5.74, 6) is -0.543. The zero-order chi connectivity index (χ0) is 74.2. The topological polar surface area (TPSA) is 237 Å². The summed E-state index contributed by atoms with van der Waals surface area (Å²) >= 11 is 0. The fraction of sp³-hybridized carbons (Fsp3) is 0.951. The summed E-state index contributed by atoms with van der Waals surface area (Å²) in [5, 5.41) is 10.6. The lowest BCUT2D eigenvalue weighted by Gasteiger charge is -2.21. The van der Waals surface area contributed by atoms with E-state index < -0.39 is 97.5 Å². The molecule has 0 heterocycles. The Morgan fingerprint density at radius 2 is 0.455 bits per heavy atom. The van der Waals surface area contributed by atoms with Gasteiger partial charge in [0.1, 0.15) is 19.3 Å². The molecule has 0 aromatic rings. The Kier molecular flexibility index (Phi) is 72.2. The molecule has 0 aliphatic carbocycles.